The topological polar surface area (TPSA) is 89.5 Å². The first kappa shape index (κ1) is 26.6. The van der Waals surface area contributed by atoms with E-state index >= 15 is 0 Å². The zero-order chi connectivity index (χ0) is 28.2. The molecular weight excluding hydrogens is 500 g/mol. The Bertz CT molecular complexity index is 1850. The van der Waals surface area contributed by atoms with Gasteiger partial charge in [-0.15, -0.1) is 0 Å². The van der Waals surface area contributed by atoms with Crippen molar-refractivity contribution < 1.29 is 9.47 Å². The fourth-order valence-corrected chi connectivity index (χ4v) is 4.84. The predicted octanol–water partition coefficient (Wildman–Crippen LogP) is 6.83. The van der Waals surface area contributed by atoms with Gasteiger partial charge in [-0.2, -0.15) is 15.0 Å². The number of nitrogens with zero attached hydrogens (tertiary/aromatic N) is 4. The van der Waals surface area contributed by atoms with Gasteiger partial charge in [0.25, 0.3) is 5.56 Å². The molecule has 0 fully saturated rings. The van der Waals surface area contributed by atoms with E-state index < -0.39 is 0 Å². The van der Waals surface area contributed by atoms with Crippen LogP contribution in [0.15, 0.2) is 82.7 Å². The molecule has 5 rings (SSSR count). The molecule has 5 aromatic rings. The van der Waals surface area contributed by atoms with Crippen molar-refractivity contribution in [3.8, 4) is 29.0 Å². The number of aryl methyl sites for hydroxylation is 1. The maximum Gasteiger partial charge on any atom is 0.282 e. The summed E-state index contributed by atoms with van der Waals surface area (Å²) >= 11 is 0. The molecule has 40 heavy (non-hydrogen) atoms. The van der Waals surface area contributed by atoms with Gasteiger partial charge in [0.15, 0.2) is 12.4 Å². The number of aromatic nitrogens is 2. The Morgan fingerprint density at radius 3 is 2.50 bits per heavy atom. The van der Waals surface area contributed by atoms with Crippen molar-refractivity contribution >= 4 is 27.9 Å². The number of nitriles is 1. The van der Waals surface area contributed by atoms with Gasteiger partial charge in [0.1, 0.15) is 17.6 Å². The Morgan fingerprint density at radius 2 is 1.75 bits per heavy atom. The lowest BCUT2D eigenvalue weighted by Crippen LogP contribution is -2.21. The smallest absolute Gasteiger partial charge is 0.282 e. The second-order valence-electron chi connectivity index (χ2n) is 9.75. The number of ether oxygens (including phenoxy) is 2. The van der Waals surface area contributed by atoms with E-state index in [0.29, 0.717) is 34.6 Å². The van der Waals surface area contributed by atoms with E-state index in [2.05, 4.69) is 13.8 Å². The van der Waals surface area contributed by atoms with E-state index in [4.69, 9.17) is 24.8 Å². The zero-order valence-corrected chi connectivity index (χ0v) is 23.0. The number of para-hydroxylation sites is 1. The highest BCUT2D eigenvalue weighted by molar-refractivity contribution is 6.02. The van der Waals surface area contributed by atoms with Gasteiger partial charge in [0.05, 0.1) is 23.7 Å². The Labute approximate surface area is 232 Å². The number of hydrogen-bond donors (Lipinski definition) is 0. The summed E-state index contributed by atoms with van der Waals surface area (Å²) < 4.78 is 13.0. The SMILES string of the molecule is CCOc1cc(C)c(-c2nc3ccccc3c(=O)n2N=Cc2c(OCC#N)ccc3ccccc23)cc1C(C)C. The van der Waals surface area contributed by atoms with Crippen molar-refractivity contribution in [1.82, 2.24) is 9.66 Å². The molecule has 0 spiro atoms. The van der Waals surface area contributed by atoms with Crippen LogP contribution >= 0.6 is 0 Å². The minimum absolute atomic E-state index is 0.106. The molecule has 7 nitrogen and oxygen atoms in total. The predicted molar refractivity (Wildman–Crippen MR) is 159 cm³/mol. The lowest BCUT2D eigenvalue weighted by Gasteiger charge is -2.18. The molecule has 1 heterocycles. The van der Waals surface area contributed by atoms with Gasteiger partial charge in [0.2, 0.25) is 0 Å². The summed E-state index contributed by atoms with van der Waals surface area (Å²) in [5.74, 6) is 1.96. The van der Waals surface area contributed by atoms with Gasteiger partial charge in [0, 0.05) is 11.1 Å². The van der Waals surface area contributed by atoms with E-state index in [9.17, 15) is 4.79 Å². The van der Waals surface area contributed by atoms with Crippen LogP contribution in [0.5, 0.6) is 11.5 Å². The minimum atomic E-state index is -0.282. The number of fused-ring (bicyclic) bond motifs is 2. The van der Waals surface area contributed by atoms with Crippen molar-refractivity contribution in [2.75, 3.05) is 13.2 Å². The average molecular weight is 531 g/mol. The van der Waals surface area contributed by atoms with Crippen LogP contribution in [0.25, 0.3) is 33.1 Å². The Hall–Kier alpha value is -4.96. The summed E-state index contributed by atoms with van der Waals surface area (Å²) in [4.78, 5) is 18.8. The monoisotopic (exact) mass is 530 g/mol. The van der Waals surface area contributed by atoms with Crippen LogP contribution in [0.4, 0.5) is 0 Å². The number of rotatable bonds is 8. The highest BCUT2D eigenvalue weighted by Crippen LogP contribution is 2.34. The quantitative estimate of drug-likeness (QED) is 0.205. The molecule has 200 valence electrons. The fraction of sp³-hybridized carbons (Fsp3) is 0.212. The van der Waals surface area contributed by atoms with Gasteiger partial charge in [-0.05, 0) is 72.0 Å². The molecule has 0 amide bonds. The zero-order valence-electron chi connectivity index (χ0n) is 23.0. The van der Waals surface area contributed by atoms with Gasteiger partial charge in [-0.3, -0.25) is 4.79 Å². The first-order chi connectivity index (χ1) is 19.4. The molecule has 7 heteroatoms. The fourth-order valence-electron chi connectivity index (χ4n) is 4.84. The maximum atomic E-state index is 13.9. The highest BCUT2D eigenvalue weighted by Gasteiger charge is 2.19. The second kappa shape index (κ2) is 11.4. The molecule has 0 atom stereocenters. The molecule has 0 aliphatic heterocycles. The molecule has 0 bridgehead atoms. The lowest BCUT2D eigenvalue weighted by atomic mass is 9.96. The normalized spacial score (nSPS) is 11.4. The van der Waals surface area contributed by atoms with Crippen molar-refractivity contribution in [2.45, 2.75) is 33.6 Å². The van der Waals surface area contributed by atoms with Crippen LogP contribution in [0.2, 0.25) is 0 Å². The summed E-state index contributed by atoms with van der Waals surface area (Å²) in [6, 6.07) is 24.9. The third-order valence-corrected chi connectivity index (χ3v) is 6.80. The van der Waals surface area contributed by atoms with Crippen LogP contribution < -0.4 is 15.0 Å². The lowest BCUT2D eigenvalue weighted by molar-refractivity contribution is 0.335. The molecule has 0 saturated heterocycles. The van der Waals surface area contributed by atoms with Gasteiger partial charge in [-0.1, -0.05) is 56.3 Å². The van der Waals surface area contributed by atoms with Crippen molar-refractivity contribution in [2.24, 2.45) is 5.10 Å². The molecule has 0 aliphatic rings. The summed E-state index contributed by atoms with van der Waals surface area (Å²) in [5.41, 5.74) is 3.73. The van der Waals surface area contributed by atoms with Crippen LogP contribution in [0.1, 0.15) is 43.4 Å². The van der Waals surface area contributed by atoms with E-state index in [-0.39, 0.29) is 18.1 Å². The van der Waals surface area contributed by atoms with Crippen LogP contribution in [0.3, 0.4) is 0 Å². The third-order valence-electron chi connectivity index (χ3n) is 6.80. The molecule has 1 aromatic heterocycles. The van der Waals surface area contributed by atoms with Crippen molar-refractivity contribution in [3.63, 3.8) is 0 Å². The third kappa shape index (κ3) is 5.04. The highest BCUT2D eigenvalue weighted by atomic mass is 16.5. The summed E-state index contributed by atoms with van der Waals surface area (Å²) in [7, 11) is 0. The minimum Gasteiger partial charge on any atom is -0.494 e. The van der Waals surface area contributed by atoms with E-state index in [1.807, 2.05) is 86.6 Å². The van der Waals surface area contributed by atoms with Crippen molar-refractivity contribution in [1.29, 1.82) is 5.26 Å². The van der Waals surface area contributed by atoms with Crippen molar-refractivity contribution in [3.05, 3.63) is 99.8 Å². The van der Waals surface area contributed by atoms with E-state index in [0.717, 1.165) is 33.2 Å². The maximum absolute atomic E-state index is 13.9. The molecule has 0 saturated carbocycles. The number of hydrogen-bond acceptors (Lipinski definition) is 6. The van der Waals surface area contributed by atoms with Crippen LogP contribution in [-0.4, -0.2) is 29.1 Å². The van der Waals surface area contributed by atoms with E-state index in [1.54, 1.807) is 12.3 Å². The van der Waals surface area contributed by atoms with Crippen LogP contribution in [0, 0.1) is 18.3 Å². The van der Waals surface area contributed by atoms with Crippen LogP contribution in [-0.2, 0) is 0 Å². The molecule has 0 unspecified atom stereocenters. The Morgan fingerprint density at radius 1 is 1.00 bits per heavy atom. The molecule has 0 radical (unpaired) electrons. The first-order valence-electron chi connectivity index (χ1n) is 13.3. The second-order valence-corrected chi connectivity index (χ2v) is 9.75. The van der Waals surface area contributed by atoms with E-state index in [1.165, 1.54) is 4.68 Å². The Balaban J connectivity index is 1.77. The summed E-state index contributed by atoms with van der Waals surface area (Å²) in [5, 5.41) is 16.2. The molecule has 0 aliphatic carbocycles. The average Bonchev–Trinajstić information content (AvgIpc) is 2.96. The largest absolute Gasteiger partial charge is 0.494 e. The summed E-state index contributed by atoms with van der Waals surface area (Å²) in [6.45, 7) is 8.62. The van der Waals surface area contributed by atoms with Gasteiger partial charge in [-0.25, -0.2) is 4.98 Å². The first-order valence-corrected chi connectivity index (χ1v) is 13.3. The standard InChI is InChI=1S/C33H30N4O3/c1-5-39-31-18-22(4)27(19-26(31)21(2)3)32-36-29-13-9-8-12-25(29)33(38)37(32)35-20-28-24-11-7-6-10-23(24)14-15-30(28)40-17-16-34/h6-15,18-21H,5,17H2,1-4H3. The molecule has 0 N–H and O–H groups in total. The molecule has 4 aromatic carbocycles. The van der Waals surface area contributed by atoms with Gasteiger partial charge < -0.3 is 9.47 Å². The number of benzene rings is 4. The molecular formula is C33H30N4O3. The summed E-state index contributed by atoms with van der Waals surface area (Å²) in [6.07, 6.45) is 1.61. The van der Waals surface area contributed by atoms with Gasteiger partial charge >= 0.3 is 0 Å². The Kier molecular flexibility index (Phi) is 7.61.